The highest BCUT2D eigenvalue weighted by atomic mass is 19.4. The summed E-state index contributed by atoms with van der Waals surface area (Å²) in [5.41, 5.74) is 0.0274. The van der Waals surface area contributed by atoms with Gasteiger partial charge in [0.1, 0.15) is 5.84 Å². The van der Waals surface area contributed by atoms with Gasteiger partial charge in [0.25, 0.3) is 5.60 Å². The van der Waals surface area contributed by atoms with E-state index in [0.717, 1.165) is 12.8 Å². The SMILES string of the molecule is C=C(C)C(N)=NC(CC12CC(C)CC3(CC3C1)C2)C(O)(C(F)(F)F)C(F)(F)F. The van der Waals surface area contributed by atoms with Crippen LogP contribution in [-0.2, 0) is 0 Å². The fraction of sp³-hybridized carbons (Fsp3) is 0.842. The number of nitrogens with zero attached hydrogens (tertiary/aromatic N) is 1. The molecule has 0 amide bonds. The Hall–Kier alpha value is -1.25. The van der Waals surface area contributed by atoms with E-state index < -0.39 is 41.7 Å². The van der Waals surface area contributed by atoms with E-state index in [9.17, 15) is 31.4 Å². The molecule has 28 heavy (non-hydrogen) atoms. The minimum atomic E-state index is -5.94. The molecule has 0 heterocycles. The first-order valence-corrected chi connectivity index (χ1v) is 9.40. The zero-order valence-corrected chi connectivity index (χ0v) is 15.9. The molecule has 160 valence electrons. The molecule has 5 unspecified atom stereocenters. The van der Waals surface area contributed by atoms with Gasteiger partial charge in [-0.3, -0.25) is 4.99 Å². The predicted octanol–water partition coefficient (Wildman–Crippen LogP) is 4.75. The average molecular weight is 412 g/mol. The van der Waals surface area contributed by atoms with E-state index in [1.54, 1.807) is 0 Å². The average Bonchev–Trinajstić information content (AvgIpc) is 3.04. The van der Waals surface area contributed by atoms with Crippen LogP contribution in [0, 0.1) is 22.7 Å². The number of aliphatic imine (C=N–C) groups is 1. The quantitative estimate of drug-likeness (QED) is 0.389. The minimum Gasteiger partial charge on any atom is -0.384 e. The summed E-state index contributed by atoms with van der Waals surface area (Å²) in [7, 11) is 0. The van der Waals surface area contributed by atoms with Crippen LogP contribution in [0.1, 0.15) is 52.4 Å². The van der Waals surface area contributed by atoms with Gasteiger partial charge in [-0.1, -0.05) is 13.5 Å². The van der Waals surface area contributed by atoms with Gasteiger partial charge in [0.05, 0.1) is 6.04 Å². The van der Waals surface area contributed by atoms with Crippen LogP contribution >= 0.6 is 0 Å². The molecule has 5 atom stereocenters. The van der Waals surface area contributed by atoms with Crippen molar-refractivity contribution in [2.45, 2.75) is 76.4 Å². The van der Waals surface area contributed by atoms with Gasteiger partial charge in [-0.15, -0.1) is 0 Å². The third-order valence-electron chi connectivity index (χ3n) is 7.01. The first-order chi connectivity index (χ1) is 12.6. The summed E-state index contributed by atoms with van der Waals surface area (Å²) in [4.78, 5) is 3.55. The third-order valence-corrected chi connectivity index (χ3v) is 7.01. The number of aliphatic hydroxyl groups is 1. The number of rotatable bonds is 5. The highest BCUT2D eigenvalue weighted by Crippen LogP contribution is 2.77. The Balaban J connectivity index is 2.03. The molecule has 3 N–H and O–H groups in total. The topological polar surface area (TPSA) is 58.6 Å². The van der Waals surface area contributed by atoms with Crippen molar-refractivity contribution in [3.05, 3.63) is 12.2 Å². The highest BCUT2D eigenvalue weighted by molar-refractivity contribution is 5.95. The van der Waals surface area contributed by atoms with E-state index in [-0.39, 0.29) is 16.9 Å². The summed E-state index contributed by atoms with van der Waals surface area (Å²) in [5, 5.41) is 10.0. The zero-order chi connectivity index (χ0) is 21.3. The number of nitrogens with two attached hydrogens (primary N) is 1. The monoisotopic (exact) mass is 412 g/mol. The largest absolute Gasteiger partial charge is 0.428 e. The molecule has 3 rings (SSSR count). The molecule has 3 fully saturated rings. The Morgan fingerprint density at radius 2 is 1.71 bits per heavy atom. The van der Waals surface area contributed by atoms with Gasteiger partial charge in [0, 0.05) is 0 Å². The summed E-state index contributed by atoms with van der Waals surface area (Å²) < 4.78 is 81.3. The Kier molecular flexibility index (Phi) is 4.69. The molecule has 3 saturated carbocycles. The maximum atomic E-state index is 13.6. The summed E-state index contributed by atoms with van der Waals surface area (Å²) in [6.45, 7) is 6.76. The van der Waals surface area contributed by atoms with Crippen molar-refractivity contribution in [2.24, 2.45) is 33.4 Å². The number of fused-ring (bicyclic) bond motifs is 1. The maximum Gasteiger partial charge on any atom is 0.428 e. The summed E-state index contributed by atoms with van der Waals surface area (Å²) in [5.74, 6) is 0.0646. The van der Waals surface area contributed by atoms with Crippen LogP contribution in [0.25, 0.3) is 0 Å². The van der Waals surface area contributed by atoms with Gasteiger partial charge < -0.3 is 10.8 Å². The number of hydrogen-bond acceptors (Lipinski definition) is 2. The van der Waals surface area contributed by atoms with Crippen molar-refractivity contribution in [1.82, 2.24) is 0 Å². The van der Waals surface area contributed by atoms with Gasteiger partial charge >= 0.3 is 12.4 Å². The minimum absolute atomic E-state index is 0.0527. The summed E-state index contributed by atoms with van der Waals surface area (Å²) >= 11 is 0. The van der Waals surface area contributed by atoms with Gasteiger partial charge in [-0.05, 0) is 73.7 Å². The standard InChI is InChI=1S/C19H26F6N2O/c1-10(2)14(26)27-13(17(28,18(20,21)22)19(23,24)25)8-15-4-11(3)5-16(9-15)7-12(16)6-15/h11-13,28H,1,4-9H2,2-3H3,(H2,26,27). The van der Waals surface area contributed by atoms with E-state index in [2.05, 4.69) is 11.6 Å². The summed E-state index contributed by atoms with van der Waals surface area (Å²) in [6.07, 6.45) is -8.71. The van der Waals surface area contributed by atoms with E-state index in [1.165, 1.54) is 6.92 Å². The highest BCUT2D eigenvalue weighted by Gasteiger charge is 2.76. The fourth-order valence-corrected chi connectivity index (χ4v) is 6.01. The van der Waals surface area contributed by atoms with E-state index in [4.69, 9.17) is 5.73 Å². The van der Waals surface area contributed by atoms with E-state index in [1.807, 2.05) is 6.92 Å². The van der Waals surface area contributed by atoms with Crippen LogP contribution in [0.2, 0.25) is 0 Å². The fourth-order valence-electron chi connectivity index (χ4n) is 6.01. The van der Waals surface area contributed by atoms with Crippen LogP contribution in [-0.4, -0.2) is 34.9 Å². The molecule has 0 saturated heterocycles. The molecule has 0 aromatic heterocycles. The lowest BCUT2D eigenvalue weighted by molar-refractivity contribution is -0.375. The van der Waals surface area contributed by atoms with Crippen molar-refractivity contribution in [2.75, 3.05) is 0 Å². The van der Waals surface area contributed by atoms with Crippen LogP contribution in [0.3, 0.4) is 0 Å². The van der Waals surface area contributed by atoms with Gasteiger partial charge in [-0.25, -0.2) is 0 Å². The van der Waals surface area contributed by atoms with Crippen molar-refractivity contribution >= 4 is 5.84 Å². The number of amidine groups is 1. The number of alkyl halides is 6. The molecular formula is C19H26F6N2O. The van der Waals surface area contributed by atoms with Crippen LogP contribution in [0.5, 0.6) is 0 Å². The normalized spacial score (nSPS) is 36.8. The van der Waals surface area contributed by atoms with Crippen LogP contribution in [0.15, 0.2) is 17.1 Å². The molecule has 3 aliphatic rings. The van der Waals surface area contributed by atoms with Gasteiger partial charge in [0.15, 0.2) is 0 Å². The lowest BCUT2D eigenvalue weighted by atomic mass is 9.63. The van der Waals surface area contributed by atoms with E-state index in [0.29, 0.717) is 25.2 Å². The third kappa shape index (κ3) is 3.23. The summed E-state index contributed by atoms with van der Waals surface area (Å²) in [6, 6.07) is -2.47. The van der Waals surface area contributed by atoms with Gasteiger partial charge in [0.2, 0.25) is 0 Å². The Morgan fingerprint density at radius 1 is 1.14 bits per heavy atom. The Labute approximate surface area is 160 Å². The molecule has 3 aliphatic carbocycles. The zero-order valence-electron chi connectivity index (χ0n) is 15.9. The maximum absolute atomic E-state index is 13.6. The Morgan fingerprint density at radius 3 is 2.21 bits per heavy atom. The van der Waals surface area contributed by atoms with E-state index >= 15 is 0 Å². The molecule has 0 radical (unpaired) electrons. The second kappa shape index (κ2) is 6.12. The molecule has 9 heteroatoms. The van der Waals surface area contributed by atoms with Gasteiger partial charge in [-0.2, -0.15) is 26.3 Å². The molecule has 0 aliphatic heterocycles. The predicted molar refractivity (Wildman–Crippen MR) is 92.5 cm³/mol. The number of hydrogen-bond donors (Lipinski definition) is 2. The van der Waals surface area contributed by atoms with Crippen LogP contribution < -0.4 is 5.73 Å². The lowest BCUT2D eigenvalue weighted by Gasteiger charge is -2.45. The second-order valence-electron chi connectivity index (χ2n) is 9.43. The van der Waals surface area contributed by atoms with Crippen LogP contribution in [0.4, 0.5) is 26.3 Å². The molecule has 0 aromatic rings. The number of halogens is 6. The van der Waals surface area contributed by atoms with Crippen molar-refractivity contribution in [3.8, 4) is 0 Å². The van der Waals surface area contributed by atoms with Crippen molar-refractivity contribution in [1.29, 1.82) is 0 Å². The lowest BCUT2D eigenvalue weighted by Crippen LogP contribution is -2.64. The first kappa shape index (κ1) is 21.5. The van der Waals surface area contributed by atoms with Crippen molar-refractivity contribution < 1.29 is 31.4 Å². The smallest absolute Gasteiger partial charge is 0.384 e. The second-order valence-corrected chi connectivity index (χ2v) is 9.43. The first-order valence-electron chi connectivity index (χ1n) is 9.40. The molecule has 3 nitrogen and oxygen atoms in total. The molecular weight excluding hydrogens is 386 g/mol. The molecule has 0 aromatic carbocycles. The van der Waals surface area contributed by atoms with Crippen molar-refractivity contribution in [3.63, 3.8) is 0 Å². The molecule has 1 spiro atoms. The Bertz CT molecular complexity index is 682. The molecule has 2 bridgehead atoms.